The van der Waals surface area contributed by atoms with Crippen LogP contribution in [0.4, 0.5) is 17.5 Å². The van der Waals surface area contributed by atoms with E-state index in [1.165, 1.54) is 19.3 Å². The van der Waals surface area contributed by atoms with Gasteiger partial charge in [-0.2, -0.15) is 9.97 Å². The number of nitrogen functional groups attached to an aromatic ring is 1. The summed E-state index contributed by atoms with van der Waals surface area (Å²) in [5.74, 6) is 1.11. The van der Waals surface area contributed by atoms with Crippen LogP contribution in [0.25, 0.3) is 11.2 Å². The Morgan fingerprint density at radius 1 is 1.25 bits per heavy atom. The molecule has 5 N–H and O–H groups in total. The van der Waals surface area contributed by atoms with Gasteiger partial charge in [0.1, 0.15) is 0 Å². The molecule has 0 aliphatic heterocycles. The summed E-state index contributed by atoms with van der Waals surface area (Å²) in [4.78, 5) is 14.2. The van der Waals surface area contributed by atoms with E-state index in [-0.39, 0.29) is 6.04 Å². The molecular formula is C23H32ClN7O. The molecule has 2 aromatic heterocycles. The average Bonchev–Trinajstić information content (AvgIpc) is 3.22. The molecule has 2 unspecified atom stereocenters. The molecule has 1 saturated carbocycles. The van der Waals surface area contributed by atoms with Crippen molar-refractivity contribution >= 4 is 40.2 Å². The first kappa shape index (κ1) is 22.6. The Balaban J connectivity index is 1.70. The molecule has 4 rings (SSSR count). The number of imidazole rings is 1. The van der Waals surface area contributed by atoms with Gasteiger partial charge in [0, 0.05) is 23.3 Å². The van der Waals surface area contributed by atoms with E-state index in [2.05, 4.69) is 20.2 Å². The fourth-order valence-electron chi connectivity index (χ4n) is 4.37. The van der Waals surface area contributed by atoms with Crippen molar-refractivity contribution in [3.8, 4) is 0 Å². The van der Waals surface area contributed by atoms with E-state index >= 15 is 0 Å². The Labute approximate surface area is 193 Å². The third-order valence-electron chi connectivity index (χ3n) is 6.28. The van der Waals surface area contributed by atoms with Crippen LogP contribution in [0.1, 0.15) is 64.0 Å². The predicted molar refractivity (Wildman–Crippen MR) is 130 cm³/mol. The zero-order valence-corrected chi connectivity index (χ0v) is 19.4. The first-order chi connectivity index (χ1) is 15.5. The number of nitrogens with two attached hydrogens (primary N) is 1. The molecule has 3 aromatic rings. The number of aliphatic hydroxyl groups excluding tert-OH is 1. The van der Waals surface area contributed by atoms with Gasteiger partial charge in [0.15, 0.2) is 17.0 Å². The number of nitrogens with zero attached hydrogens (tertiary/aromatic N) is 4. The van der Waals surface area contributed by atoms with Crippen LogP contribution in [0, 0.1) is 0 Å². The van der Waals surface area contributed by atoms with Crippen molar-refractivity contribution in [1.82, 2.24) is 19.5 Å². The molecule has 0 bridgehead atoms. The van der Waals surface area contributed by atoms with Crippen molar-refractivity contribution in [2.45, 2.75) is 77.1 Å². The van der Waals surface area contributed by atoms with Crippen LogP contribution in [0.2, 0.25) is 5.02 Å². The van der Waals surface area contributed by atoms with Crippen molar-refractivity contribution in [3.63, 3.8) is 0 Å². The van der Waals surface area contributed by atoms with E-state index in [4.69, 9.17) is 27.3 Å². The molecule has 0 radical (unpaired) electrons. The van der Waals surface area contributed by atoms with E-state index in [0.717, 1.165) is 36.0 Å². The van der Waals surface area contributed by atoms with Crippen molar-refractivity contribution in [2.75, 3.05) is 16.4 Å². The van der Waals surface area contributed by atoms with Gasteiger partial charge in [-0.15, -0.1) is 0 Å². The summed E-state index contributed by atoms with van der Waals surface area (Å²) in [6, 6.07) is 5.68. The SMILES string of the molecule is CCC(Nc1nc(NCc2cc(Cl)ccc2N)c2ncn(C3CCCCC3)c2n1)C(C)O. The number of halogens is 1. The maximum absolute atomic E-state index is 10.1. The Morgan fingerprint density at radius 2 is 2.03 bits per heavy atom. The number of aromatic nitrogens is 4. The normalized spacial score (nSPS) is 16.8. The number of hydrogen-bond donors (Lipinski definition) is 4. The van der Waals surface area contributed by atoms with Gasteiger partial charge < -0.3 is 26.0 Å². The minimum absolute atomic E-state index is 0.144. The minimum atomic E-state index is -0.523. The van der Waals surface area contributed by atoms with Crippen LogP contribution in [-0.2, 0) is 6.54 Å². The molecule has 2 heterocycles. The van der Waals surface area contributed by atoms with Gasteiger partial charge in [-0.05, 0) is 49.9 Å². The lowest BCUT2D eigenvalue weighted by Crippen LogP contribution is -2.31. The first-order valence-corrected chi connectivity index (χ1v) is 11.8. The van der Waals surface area contributed by atoms with Gasteiger partial charge in [0.05, 0.1) is 18.5 Å². The number of fused-ring (bicyclic) bond motifs is 1. The number of rotatable bonds is 8. The molecule has 1 aliphatic rings. The third-order valence-corrected chi connectivity index (χ3v) is 6.51. The lowest BCUT2D eigenvalue weighted by atomic mass is 9.95. The maximum Gasteiger partial charge on any atom is 0.227 e. The number of benzene rings is 1. The summed E-state index contributed by atoms with van der Waals surface area (Å²) < 4.78 is 2.18. The van der Waals surface area contributed by atoms with Gasteiger partial charge in [-0.25, -0.2) is 4.98 Å². The second kappa shape index (κ2) is 9.92. The lowest BCUT2D eigenvalue weighted by Gasteiger charge is -2.24. The minimum Gasteiger partial charge on any atom is -0.398 e. The molecule has 8 nitrogen and oxygen atoms in total. The molecule has 1 aromatic carbocycles. The molecule has 1 aliphatic carbocycles. The molecule has 0 spiro atoms. The zero-order chi connectivity index (χ0) is 22.7. The average molecular weight is 458 g/mol. The Kier molecular flexibility index (Phi) is 7.01. The van der Waals surface area contributed by atoms with Crippen molar-refractivity contribution < 1.29 is 5.11 Å². The Morgan fingerprint density at radius 3 is 2.75 bits per heavy atom. The summed E-state index contributed by atoms with van der Waals surface area (Å²) in [6.07, 6.45) is 8.10. The van der Waals surface area contributed by atoms with Gasteiger partial charge in [-0.3, -0.25) is 0 Å². The lowest BCUT2D eigenvalue weighted by molar-refractivity contribution is 0.169. The number of aliphatic hydroxyl groups is 1. The highest BCUT2D eigenvalue weighted by Gasteiger charge is 2.22. The van der Waals surface area contributed by atoms with Crippen molar-refractivity contribution in [2.24, 2.45) is 0 Å². The van der Waals surface area contributed by atoms with E-state index in [9.17, 15) is 5.11 Å². The van der Waals surface area contributed by atoms with Crippen molar-refractivity contribution in [1.29, 1.82) is 0 Å². The molecule has 1 fully saturated rings. The summed E-state index contributed by atoms with van der Waals surface area (Å²) in [5.41, 5.74) is 9.21. The monoisotopic (exact) mass is 457 g/mol. The van der Waals surface area contributed by atoms with E-state index in [1.807, 2.05) is 19.3 Å². The van der Waals surface area contributed by atoms with Gasteiger partial charge in [0.25, 0.3) is 0 Å². The molecule has 2 atom stereocenters. The largest absolute Gasteiger partial charge is 0.398 e. The van der Waals surface area contributed by atoms with E-state index < -0.39 is 6.10 Å². The van der Waals surface area contributed by atoms with Crippen LogP contribution in [-0.4, -0.2) is 36.8 Å². The van der Waals surface area contributed by atoms with Gasteiger partial charge in [0.2, 0.25) is 5.95 Å². The molecule has 0 amide bonds. The second-order valence-corrected chi connectivity index (χ2v) is 9.04. The third kappa shape index (κ3) is 4.91. The van der Waals surface area contributed by atoms with Gasteiger partial charge in [-0.1, -0.05) is 37.8 Å². The van der Waals surface area contributed by atoms with Crippen LogP contribution in [0.15, 0.2) is 24.5 Å². The fourth-order valence-corrected chi connectivity index (χ4v) is 4.56. The van der Waals surface area contributed by atoms with Crippen LogP contribution < -0.4 is 16.4 Å². The standard InChI is InChI=1S/C23H32ClN7O/c1-3-19(14(2)32)28-23-29-21(26-12-15-11-16(24)9-10-18(15)25)20-22(30-23)31(13-27-20)17-7-5-4-6-8-17/h9-11,13-14,17,19,32H,3-8,12,25H2,1-2H3,(H2,26,28,29,30). The smallest absolute Gasteiger partial charge is 0.227 e. The zero-order valence-electron chi connectivity index (χ0n) is 18.7. The summed E-state index contributed by atoms with van der Waals surface area (Å²) >= 11 is 6.15. The van der Waals surface area contributed by atoms with Crippen LogP contribution in [0.3, 0.4) is 0 Å². The maximum atomic E-state index is 10.1. The summed E-state index contributed by atoms with van der Waals surface area (Å²) in [6.45, 7) is 4.26. The Hall–Kier alpha value is -2.58. The highest BCUT2D eigenvalue weighted by atomic mass is 35.5. The Bertz CT molecular complexity index is 1060. The van der Waals surface area contributed by atoms with Crippen LogP contribution in [0.5, 0.6) is 0 Å². The first-order valence-electron chi connectivity index (χ1n) is 11.4. The van der Waals surface area contributed by atoms with Gasteiger partial charge >= 0.3 is 0 Å². The van der Waals surface area contributed by atoms with E-state index in [0.29, 0.717) is 35.1 Å². The fraction of sp³-hybridized carbons (Fsp3) is 0.522. The molecule has 172 valence electrons. The summed E-state index contributed by atoms with van der Waals surface area (Å²) in [7, 11) is 0. The number of hydrogen-bond acceptors (Lipinski definition) is 7. The quantitative estimate of drug-likeness (QED) is 0.361. The number of nitrogens with one attached hydrogen (secondary N) is 2. The van der Waals surface area contributed by atoms with E-state index in [1.54, 1.807) is 19.1 Å². The highest BCUT2D eigenvalue weighted by Crippen LogP contribution is 2.32. The van der Waals surface area contributed by atoms with Crippen molar-refractivity contribution in [3.05, 3.63) is 35.1 Å². The predicted octanol–water partition coefficient (Wildman–Crippen LogP) is 4.75. The molecular weight excluding hydrogens is 426 g/mol. The molecule has 9 heteroatoms. The van der Waals surface area contributed by atoms with Crippen LogP contribution >= 0.6 is 11.6 Å². The molecule has 32 heavy (non-hydrogen) atoms. The topological polar surface area (TPSA) is 114 Å². The summed E-state index contributed by atoms with van der Waals surface area (Å²) in [5, 5.41) is 17.4. The highest BCUT2D eigenvalue weighted by molar-refractivity contribution is 6.30. The number of anilines is 3. The molecule has 0 saturated heterocycles. The second-order valence-electron chi connectivity index (χ2n) is 8.61.